The first-order chi connectivity index (χ1) is 9.56. The normalized spacial score (nSPS) is 10.2. The fourth-order valence-electron chi connectivity index (χ4n) is 1.83. The van der Waals surface area contributed by atoms with Crippen molar-refractivity contribution in [1.29, 1.82) is 0 Å². The Hall–Kier alpha value is -2.43. The highest BCUT2D eigenvalue weighted by atomic mass is 19.2. The van der Waals surface area contributed by atoms with Crippen molar-refractivity contribution in [3.63, 3.8) is 0 Å². The lowest BCUT2D eigenvalue weighted by molar-refractivity contribution is 0.0597. The molecule has 0 bridgehead atoms. The molecule has 0 unspecified atom stereocenters. The zero-order valence-electron chi connectivity index (χ0n) is 10.9. The Balaban J connectivity index is 2.48. The number of hydrogen-bond donors (Lipinski definition) is 0. The first kappa shape index (κ1) is 14.0. The van der Waals surface area contributed by atoms with Gasteiger partial charge in [-0.15, -0.1) is 0 Å². The minimum Gasteiger partial charge on any atom is -0.496 e. The maximum atomic E-state index is 13.2. The van der Waals surface area contributed by atoms with Gasteiger partial charge >= 0.3 is 5.97 Å². The van der Waals surface area contributed by atoms with Crippen LogP contribution in [0.5, 0.6) is 5.75 Å². The average Bonchev–Trinajstić information content (AvgIpc) is 2.48. The van der Waals surface area contributed by atoms with Gasteiger partial charge in [-0.1, -0.05) is 12.1 Å². The van der Waals surface area contributed by atoms with Gasteiger partial charge in [0.1, 0.15) is 11.3 Å². The molecule has 2 aromatic carbocycles. The van der Waals surface area contributed by atoms with Gasteiger partial charge in [-0.3, -0.25) is 0 Å². The van der Waals surface area contributed by atoms with Gasteiger partial charge in [-0.25, -0.2) is 13.6 Å². The molecule has 0 atom stereocenters. The molecule has 0 spiro atoms. The Labute approximate surface area is 114 Å². The van der Waals surface area contributed by atoms with Crippen LogP contribution in [0.25, 0.3) is 11.1 Å². The third-order valence-electron chi connectivity index (χ3n) is 2.86. The lowest BCUT2D eigenvalue weighted by Gasteiger charge is -2.09. The summed E-state index contributed by atoms with van der Waals surface area (Å²) in [6, 6.07) is 8.28. The molecular formula is C15H12F2O3. The van der Waals surface area contributed by atoms with Gasteiger partial charge in [0.2, 0.25) is 0 Å². The summed E-state index contributed by atoms with van der Waals surface area (Å²) in [5, 5.41) is 0. The predicted octanol–water partition coefficient (Wildman–Crippen LogP) is 3.43. The molecule has 104 valence electrons. The minimum absolute atomic E-state index is 0.265. The van der Waals surface area contributed by atoms with E-state index >= 15 is 0 Å². The number of methoxy groups -OCH3 is 2. The molecule has 0 aliphatic carbocycles. The molecule has 0 aliphatic heterocycles. The molecule has 2 rings (SSSR count). The summed E-state index contributed by atoms with van der Waals surface area (Å²) < 4.78 is 35.9. The second-order valence-electron chi connectivity index (χ2n) is 4.04. The molecule has 0 saturated carbocycles. The molecule has 0 heterocycles. The summed E-state index contributed by atoms with van der Waals surface area (Å²) in [7, 11) is 2.68. The van der Waals surface area contributed by atoms with E-state index in [1.54, 1.807) is 12.1 Å². The van der Waals surface area contributed by atoms with Gasteiger partial charge in [0, 0.05) is 0 Å². The van der Waals surface area contributed by atoms with Gasteiger partial charge < -0.3 is 9.47 Å². The van der Waals surface area contributed by atoms with E-state index in [2.05, 4.69) is 4.74 Å². The molecule has 0 N–H and O–H groups in total. The van der Waals surface area contributed by atoms with Crippen LogP contribution in [0.3, 0.4) is 0 Å². The average molecular weight is 278 g/mol. The second kappa shape index (κ2) is 5.69. The highest BCUT2D eigenvalue weighted by Crippen LogP contribution is 2.28. The molecule has 0 radical (unpaired) electrons. The summed E-state index contributed by atoms with van der Waals surface area (Å²) in [6.45, 7) is 0. The summed E-state index contributed by atoms with van der Waals surface area (Å²) >= 11 is 0. The summed E-state index contributed by atoms with van der Waals surface area (Å²) in [5.74, 6) is -2.07. The van der Waals surface area contributed by atoms with E-state index in [0.29, 0.717) is 16.9 Å². The first-order valence-electron chi connectivity index (χ1n) is 5.78. The van der Waals surface area contributed by atoms with Crippen LogP contribution >= 0.6 is 0 Å². The van der Waals surface area contributed by atoms with Crippen molar-refractivity contribution in [2.24, 2.45) is 0 Å². The van der Waals surface area contributed by atoms with Crippen molar-refractivity contribution < 1.29 is 23.0 Å². The number of carbonyl (C=O) groups excluding carboxylic acids is 1. The monoisotopic (exact) mass is 278 g/mol. The van der Waals surface area contributed by atoms with E-state index in [1.807, 2.05) is 0 Å². The standard InChI is InChI=1S/C15H12F2O3/c1-19-14-8-10(3-5-11(14)15(18)20-2)9-4-6-12(16)13(17)7-9/h3-8H,1-2H3. The number of hydrogen-bond acceptors (Lipinski definition) is 3. The van der Waals surface area contributed by atoms with Crippen LogP contribution in [0.1, 0.15) is 10.4 Å². The molecule has 2 aromatic rings. The van der Waals surface area contributed by atoms with Crippen molar-refractivity contribution in [3.8, 4) is 16.9 Å². The number of halogens is 2. The molecule has 3 nitrogen and oxygen atoms in total. The fraction of sp³-hybridized carbons (Fsp3) is 0.133. The van der Waals surface area contributed by atoms with E-state index in [1.165, 1.54) is 26.4 Å². The van der Waals surface area contributed by atoms with Gasteiger partial charge in [-0.2, -0.15) is 0 Å². The molecule has 5 heteroatoms. The van der Waals surface area contributed by atoms with Crippen molar-refractivity contribution in [1.82, 2.24) is 0 Å². The molecule has 0 fully saturated rings. The zero-order chi connectivity index (χ0) is 14.7. The van der Waals surface area contributed by atoms with Crippen LogP contribution in [0.15, 0.2) is 36.4 Å². The number of benzene rings is 2. The molecule has 20 heavy (non-hydrogen) atoms. The van der Waals surface area contributed by atoms with E-state index in [0.717, 1.165) is 12.1 Å². The summed E-state index contributed by atoms with van der Waals surface area (Å²) in [4.78, 5) is 11.5. The first-order valence-corrected chi connectivity index (χ1v) is 5.78. The number of rotatable bonds is 3. The predicted molar refractivity (Wildman–Crippen MR) is 69.7 cm³/mol. The molecule has 0 saturated heterocycles. The minimum atomic E-state index is -0.932. The molecule has 0 aromatic heterocycles. The van der Waals surface area contributed by atoms with Crippen LogP contribution in [0, 0.1) is 11.6 Å². The maximum absolute atomic E-state index is 13.2. The van der Waals surface area contributed by atoms with Crippen molar-refractivity contribution >= 4 is 5.97 Å². The smallest absolute Gasteiger partial charge is 0.341 e. The van der Waals surface area contributed by atoms with Gasteiger partial charge in [0.25, 0.3) is 0 Å². The van der Waals surface area contributed by atoms with Crippen LogP contribution in [-0.2, 0) is 4.74 Å². The van der Waals surface area contributed by atoms with Gasteiger partial charge in [0.15, 0.2) is 11.6 Å². The molecule has 0 aliphatic rings. The quantitative estimate of drug-likeness (QED) is 0.807. The van der Waals surface area contributed by atoms with E-state index < -0.39 is 17.6 Å². The van der Waals surface area contributed by atoms with Crippen LogP contribution in [-0.4, -0.2) is 20.2 Å². The van der Waals surface area contributed by atoms with Crippen LogP contribution in [0.2, 0.25) is 0 Å². The van der Waals surface area contributed by atoms with E-state index in [4.69, 9.17) is 4.74 Å². The van der Waals surface area contributed by atoms with Crippen molar-refractivity contribution in [3.05, 3.63) is 53.6 Å². The Bertz CT molecular complexity index is 654. The number of carbonyl (C=O) groups is 1. The third kappa shape index (κ3) is 2.61. The zero-order valence-corrected chi connectivity index (χ0v) is 10.9. The molecule has 0 amide bonds. The SMILES string of the molecule is COC(=O)c1ccc(-c2ccc(F)c(F)c2)cc1OC. The number of esters is 1. The number of ether oxygens (including phenoxy) is 2. The van der Waals surface area contributed by atoms with Crippen molar-refractivity contribution in [2.45, 2.75) is 0 Å². The fourth-order valence-corrected chi connectivity index (χ4v) is 1.83. The lowest BCUT2D eigenvalue weighted by Crippen LogP contribution is -2.04. The Morgan fingerprint density at radius 1 is 0.950 bits per heavy atom. The van der Waals surface area contributed by atoms with Crippen LogP contribution < -0.4 is 4.74 Å². The Morgan fingerprint density at radius 2 is 1.60 bits per heavy atom. The van der Waals surface area contributed by atoms with Crippen molar-refractivity contribution in [2.75, 3.05) is 14.2 Å². The third-order valence-corrected chi connectivity index (χ3v) is 2.86. The second-order valence-corrected chi connectivity index (χ2v) is 4.04. The van der Waals surface area contributed by atoms with Gasteiger partial charge in [-0.05, 0) is 35.4 Å². The molecular weight excluding hydrogens is 266 g/mol. The topological polar surface area (TPSA) is 35.5 Å². The maximum Gasteiger partial charge on any atom is 0.341 e. The highest BCUT2D eigenvalue weighted by molar-refractivity contribution is 5.93. The largest absolute Gasteiger partial charge is 0.496 e. The van der Waals surface area contributed by atoms with Gasteiger partial charge in [0.05, 0.1) is 14.2 Å². The lowest BCUT2D eigenvalue weighted by atomic mass is 10.0. The van der Waals surface area contributed by atoms with E-state index in [9.17, 15) is 13.6 Å². The summed E-state index contributed by atoms with van der Waals surface area (Å²) in [6.07, 6.45) is 0. The highest BCUT2D eigenvalue weighted by Gasteiger charge is 2.14. The summed E-state index contributed by atoms with van der Waals surface area (Å²) in [5.41, 5.74) is 1.35. The van der Waals surface area contributed by atoms with E-state index in [-0.39, 0.29) is 5.56 Å². The Morgan fingerprint density at radius 3 is 2.20 bits per heavy atom. The van der Waals surface area contributed by atoms with Crippen LogP contribution in [0.4, 0.5) is 8.78 Å². The Kier molecular flexibility index (Phi) is 3.98.